The Bertz CT molecular complexity index is 662. The van der Waals surface area contributed by atoms with Crippen LogP contribution in [0.25, 0.3) is 11.1 Å². The van der Waals surface area contributed by atoms with Gasteiger partial charge in [0.1, 0.15) is 5.52 Å². The van der Waals surface area contributed by atoms with Gasteiger partial charge in [-0.3, -0.25) is 4.79 Å². The van der Waals surface area contributed by atoms with Crippen LogP contribution in [0.4, 0.5) is 0 Å². The number of nitrogens with one attached hydrogen (secondary N) is 1. The number of fused-ring (bicyclic) bond motifs is 1. The van der Waals surface area contributed by atoms with Crippen molar-refractivity contribution in [1.29, 1.82) is 0 Å². The van der Waals surface area contributed by atoms with Crippen LogP contribution in [0.5, 0.6) is 0 Å². The number of hydrogen-bond donors (Lipinski definition) is 1. The molecule has 1 aliphatic carbocycles. The standard InChI is InChI=1S/C16H19BrN2O2/c1-2-14-19-13-9-12(17)8-11(15(13)21-14)4-3-7-18-16(20)10-5-6-10/h8-10H,2-7H2,1H3,(H,18,20). The van der Waals surface area contributed by atoms with Gasteiger partial charge in [0.05, 0.1) is 0 Å². The van der Waals surface area contributed by atoms with E-state index in [1.54, 1.807) is 0 Å². The van der Waals surface area contributed by atoms with Crippen LogP contribution in [0.2, 0.25) is 0 Å². The molecule has 1 aromatic carbocycles. The Balaban J connectivity index is 1.64. The van der Waals surface area contributed by atoms with Crippen LogP contribution in [0, 0.1) is 5.92 Å². The summed E-state index contributed by atoms with van der Waals surface area (Å²) in [5.74, 6) is 1.26. The summed E-state index contributed by atoms with van der Waals surface area (Å²) < 4.78 is 6.83. The summed E-state index contributed by atoms with van der Waals surface area (Å²) in [7, 11) is 0. The van der Waals surface area contributed by atoms with Gasteiger partial charge in [-0.25, -0.2) is 4.98 Å². The first-order chi connectivity index (χ1) is 10.2. The van der Waals surface area contributed by atoms with Crippen LogP contribution in [0.15, 0.2) is 21.0 Å². The predicted molar refractivity (Wildman–Crippen MR) is 85.1 cm³/mol. The van der Waals surface area contributed by atoms with E-state index in [1.165, 1.54) is 0 Å². The van der Waals surface area contributed by atoms with Crippen molar-refractivity contribution in [1.82, 2.24) is 10.3 Å². The average Bonchev–Trinajstić information content (AvgIpc) is 3.23. The topological polar surface area (TPSA) is 55.1 Å². The van der Waals surface area contributed by atoms with Crippen molar-refractivity contribution < 1.29 is 9.21 Å². The molecule has 1 amide bonds. The Morgan fingerprint density at radius 2 is 2.29 bits per heavy atom. The van der Waals surface area contributed by atoms with Crippen molar-refractivity contribution in [2.45, 2.75) is 39.0 Å². The minimum Gasteiger partial charge on any atom is -0.440 e. The first kappa shape index (κ1) is 14.6. The van der Waals surface area contributed by atoms with Gasteiger partial charge in [0.2, 0.25) is 5.91 Å². The Kier molecular flexibility index (Phi) is 4.29. The van der Waals surface area contributed by atoms with Crippen LogP contribution >= 0.6 is 15.9 Å². The molecule has 1 fully saturated rings. The van der Waals surface area contributed by atoms with Crippen LogP contribution in [-0.2, 0) is 17.6 Å². The van der Waals surface area contributed by atoms with Crippen molar-refractivity contribution in [3.8, 4) is 0 Å². The Morgan fingerprint density at radius 1 is 1.48 bits per heavy atom. The van der Waals surface area contributed by atoms with E-state index in [1.807, 2.05) is 13.0 Å². The lowest BCUT2D eigenvalue weighted by Gasteiger charge is -2.05. The van der Waals surface area contributed by atoms with E-state index in [2.05, 4.69) is 32.3 Å². The van der Waals surface area contributed by atoms with E-state index >= 15 is 0 Å². The summed E-state index contributed by atoms with van der Waals surface area (Å²) in [5.41, 5.74) is 2.93. The zero-order valence-corrected chi connectivity index (χ0v) is 13.7. The van der Waals surface area contributed by atoms with Gasteiger partial charge in [-0.15, -0.1) is 0 Å². The Morgan fingerprint density at radius 3 is 3.00 bits per heavy atom. The SMILES string of the molecule is CCc1nc2cc(Br)cc(CCCNC(=O)C3CC3)c2o1. The molecule has 1 N–H and O–H groups in total. The van der Waals surface area contributed by atoms with Crippen molar-refractivity contribution in [3.05, 3.63) is 28.1 Å². The summed E-state index contributed by atoms with van der Waals surface area (Å²) in [4.78, 5) is 16.1. The van der Waals surface area contributed by atoms with Gasteiger partial charge in [0.15, 0.2) is 11.5 Å². The van der Waals surface area contributed by atoms with Crippen LogP contribution < -0.4 is 5.32 Å². The molecule has 1 heterocycles. The molecule has 1 aliphatic rings. The largest absolute Gasteiger partial charge is 0.440 e. The number of carbonyl (C=O) groups is 1. The van der Waals surface area contributed by atoms with Gasteiger partial charge in [0.25, 0.3) is 0 Å². The number of hydrogen-bond acceptors (Lipinski definition) is 3. The molecule has 2 aromatic rings. The van der Waals surface area contributed by atoms with Gasteiger partial charge >= 0.3 is 0 Å². The first-order valence-electron chi connectivity index (χ1n) is 7.53. The summed E-state index contributed by atoms with van der Waals surface area (Å²) >= 11 is 3.52. The van der Waals surface area contributed by atoms with E-state index in [-0.39, 0.29) is 11.8 Å². The number of rotatable bonds is 6. The third-order valence-electron chi connectivity index (χ3n) is 3.75. The molecular weight excluding hydrogens is 332 g/mol. The zero-order valence-electron chi connectivity index (χ0n) is 12.1. The number of halogens is 1. The quantitative estimate of drug-likeness (QED) is 0.809. The predicted octanol–water partition coefficient (Wildman–Crippen LogP) is 3.61. The fraction of sp³-hybridized carbons (Fsp3) is 0.500. The lowest BCUT2D eigenvalue weighted by molar-refractivity contribution is -0.122. The zero-order chi connectivity index (χ0) is 14.8. The average molecular weight is 351 g/mol. The highest BCUT2D eigenvalue weighted by Crippen LogP contribution is 2.29. The normalized spacial score (nSPS) is 14.6. The van der Waals surface area contributed by atoms with E-state index in [9.17, 15) is 4.79 Å². The molecule has 0 radical (unpaired) electrons. The monoisotopic (exact) mass is 350 g/mol. The van der Waals surface area contributed by atoms with E-state index in [4.69, 9.17) is 4.42 Å². The van der Waals surface area contributed by atoms with Crippen LogP contribution in [-0.4, -0.2) is 17.4 Å². The highest BCUT2D eigenvalue weighted by molar-refractivity contribution is 9.10. The van der Waals surface area contributed by atoms with Gasteiger partial charge in [-0.2, -0.15) is 0 Å². The molecule has 0 spiro atoms. The highest BCUT2D eigenvalue weighted by Gasteiger charge is 2.28. The molecule has 0 unspecified atom stereocenters. The molecule has 1 aromatic heterocycles. The number of benzene rings is 1. The summed E-state index contributed by atoms with van der Waals surface area (Å²) in [6.07, 6.45) is 4.68. The minimum atomic E-state index is 0.210. The van der Waals surface area contributed by atoms with E-state index < -0.39 is 0 Å². The van der Waals surface area contributed by atoms with Crippen molar-refractivity contribution in [2.24, 2.45) is 5.92 Å². The molecule has 3 rings (SSSR count). The van der Waals surface area contributed by atoms with Crippen molar-refractivity contribution >= 4 is 32.9 Å². The third-order valence-corrected chi connectivity index (χ3v) is 4.21. The number of aromatic nitrogens is 1. The number of amides is 1. The van der Waals surface area contributed by atoms with E-state index in [0.717, 1.165) is 65.7 Å². The number of oxazole rings is 1. The maximum absolute atomic E-state index is 11.6. The fourth-order valence-corrected chi connectivity index (χ4v) is 2.92. The molecular formula is C16H19BrN2O2. The first-order valence-corrected chi connectivity index (χ1v) is 8.32. The van der Waals surface area contributed by atoms with Gasteiger partial charge in [-0.1, -0.05) is 22.9 Å². The fourth-order valence-electron chi connectivity index (χ4n) is 2.43. The van der Waals surface area contributed by atoms with Crippen LogP contribution in [0.1, 0.15) is 37.6 Å². The Labute approximate surface area is 132 Å². The van der Waals surface area contributed by atoms with Gasteiger partial charge in [-0.05, 0) is 43.4 Å². The summed E-state index contributed by atoms with van der Waals surface area (Å²) in [6, 6.07) is 4.06. The Hall–Kier alpha value is -1.36. The molecule has 0 saturated heterocycles. The molecule has 21 heavy (non-hydrogen) atoms. The van der Waals surface area contributed by atoms with Crippen molar-refractivity contribution in [2.75, 3.05) is 6.54 Å². The van der Waals surface area contributed by atoms with Crippen LogP contribution in [0.3, 0.4) is 0 Å². The van der Waals surface area contributed by atoms with Gasteiger partial charge in [0, 0.05) is 23.4 Å². The second-order valence-electron chi connectivity index (χ2n) is 5.54. The van der Waals surface area contributed by atoms with Crippen molar-refractivity contribution in [3.63, 3.8) is 0 Å². The molecule has 0 atom stereocenters. The number of nitrogens with zero attached hydrogens (tertiary/aromatic N) is 1. The lowest BCUT2D eigenvalue weighted by atomic mass is 10.1. The highest BCUT2D eigenvalue weighted by atomic mass is 79.9. The molecule has 4 nitrogen and oxygen atoms in total. The second kappa shape index (κ2) is 6.18. The molecule has 0 bridgehead atoms. The summed E-state index contributed by atoms with van der Waals surface area (Å²) in [6.45, 7) is 2.75. The molecule has 1 saturated carbocycles. The third kappa shape index (κ3) is 3.46. The molecule has 0 aliphatic heterocycles. The second-order valence-corrected chi connectivity index (χ2v) is 6.46. The van der Waals surface area contributed by atoms with Gasteiger partial charge < -0.3 is 9.73 Å². The van der Waals surface area contributed by atoms with E-state index in [0.29, 0.717) is 0 Å². The number of carbonyl (C=O) groups excluding carboxylic acids is 1. The maximum Gasteiger partial charge on any atom is 0.223 e. The molecule has 5 heteroatoms. The lowest BCUT2D eigenvalue weighted by Crippen LogP contribution is -2.26. The minimum absolute atomic E-state index is 0.210. The smallest absolute Gasteiger partial charge is 0.223 e. The maximum atomic E-state index is 11.6. The summed E-state index contributed by atoms with van der Waals surface area (Å²) in [5, 5.41) is 3.00. The number of aryl methyl sites for hydroxylation is 2. The molecule has 112 valence electrons.